The Kier molecular flexibility index (Phi) is 3.73. The molecule has 28 heavy (non-hydrogen) atoms. The van der Waals surface area contributed by atoms with E-state index in [-0.39, 0.29) is 11.8 Å². The minimum Gasteiger partial charge on any atom is -0.468 e. The molecule has 4 nitrogen and oxygen atoms in total. The lowest BCUT2D eigenvalue weighted by atomic mass is 9.82. The van der Waals surface area contributed by atoms with E-state index in [1.54, 1.807) is 24.5 Å². The summed E-state index contributed by atoms with van der Waals surface area (Å²) < 4.78 is 5.77. The Balaban J connectivity index is 1.66. The first kappa shape index (κ1) is 17.8. The monoisotopic (exact) mass is 413 g/mol. The number of anilines is 1. The maximum Gasteiger partial charge on any atom is 0.236 e. The molecule has 1 saturated heterocycles. The highest BCUT2D eigenvalue weighted by atomic mass is 35.5. The van der Waals surface area contributed by atoms with E-state index in [1.165, 1.54) is 4.90 Å². The Bertz CT molecular complexity index is 1050. The van der Waals surface area contributed by atoms with Crippen LogP contribution in [0.25, 0.3) is 0 Å². The number of carbonyl (C=O) groups is 1. The molecule has 1 amide bonds. The Morgan fingerprint density at radius 3 is 2.25 bits per heavy atom. The number of aliphatic hydroxyl groups excluding tert-OH is 1. The van der Waals surface area contributed by atoms with Gasteiger partial charge in [0.2, 0.25) is 5.91 Å². The normalized spacial score (nSPS) is 31.1. The number of nitrogens with zero attached hydrogens (tertiary/aromatic N) is 1. The van der Waals surface area contributed by atoms with Crippen molar-refractivity contribution in [3.05, 3.63) is 88.3 Å². The third kappa shape index (κ3) is 2.03. The number of fused-ring (bicyclic) bond motifs is 1. The van der Waals surface area contributed by atoms with Gasteiger partial charge in [0.15, 0.2) is 0 Å². The summed E-state index contributed by atoms with van der Waals surface area (Å²) in [6.45, 7) is 1.89. The molecule has 6 heteroatoms. The van der Waals surface area contributed by atoms with Crippen molar-refractivity contribution in [1.82, 2.24) is 0 Å². The van der Waals surface area contributed by atoms with Gasteiger partial charge in [0.05, 0.1) is 17.1 Å². The van der Waals surface area contributed by atoms with Crippen molar-refractivity contribution in [3.63, 3.8) is 0 Å². The second-order valence-corrected chi connectivity index (χ2v) is 8.42. The highest BCUT2D eigenvalue weighted by molar-refractivity contribution is 6.35. The molecule has 4 atom stereocenters. The van der Waals surface area contributed by atoms with Crippen LogP contribution >= 0.6 is 23.2 Å². The van der Waals surface area contributed by atoms with Crippen molar-refractivity contribution in [2.45, 2.75) is 18.6 Å². The summed E-state index contributed by atoms with van der Waals surface area (Å²) in [5.41, 5.74) is -0.119. The van der Waals surface area contributed by atoms with E-state index in [2.05, 4.69) is 0 Å². The predicted molar refractivity (Wildman–Crippen MR) is 107 cm³/mol. The molecule has 1 aliphatic heterocycles. The van der Waals surface area contributed by atoms with Crippen LogP contribution in [0.4, 0.5) is 5.69 Å². The van der Waals surface area contributed by atoms with Gasteiger partial charge in [0, 0.05) is 21.7 Å². The highest BCUT2D eigenvalue weighted by Crippen LogP contribution is 2.77. The van der Waals surface area contributed by atoms with Crippen LogP contribution in [0.3, 0.4) is 0 Å². The molecule has 5 rings (SSSR count). The van der Waals surface area contributed by atoms with Crippen LogP contribution < -0.4 is 4.90 Å². The quantitative estimate of drug-likeness (QED) is 0.665. The summed E-state index contributed by atoms with van der Waals surface area (Å²) in [6.07, 6.45) is 0.570. The second kappa shape index (κ2) is 5.86. The van der Waals surface area contributed by atoms with Crippen LogP contribution in [-0.4, -0.2) is 17.2 Å². The van der Waals surface area contributed by atoms with E-state index in [1.807, 2.05) is 49.4 Å². The molecule has 1 saturated carbocycles. The number of carbonyl (C=O) groups excluding carboxylic acids is 1. The highest BCUT2D eigenvalue weighted by Gasteiger charge is 2.87. The molecule has 1 unspecified atom stereocenters. The van der Waals surface area contributed by atoms with Crippen LogP contribution in [-0.2, 0) is 10.2 Å². The lowest BCUT2D eigenvalue weighted by Gasteiger charge is -2.32. The van der Waals surface area contributed by atoms with E-state index in [4.69, 9.17) is 27.6 Å². The Labute approximate surface area is 172 Å². The fourth-order valence-corrected chi connectivity index (χ4v) is 5.69. The molecular formula is C22H17Cl2NO3. The average molecular weight is 414 g/mol. The molecule has 2 fully saturated rings. The number of halogens is 2. The van der Waals surface area contributed by atoms with Crippen molar-refractivity contribution in [1.29, 1.82) is 0 Å². The minimum atomic E-state index is -1.03. The fraction of sp³-hybridized carbons (Fsp3) is 0.227. The summed E-state index contributed by atoms with van der Waals surface area (Å²) in [7, 11) is 0. The molecule has 0 bridgehead atoms. The van der Waals surface area contributed by atoms with Crippen LogP contribution in [0.1, 0.15) is 18.2 Å². The summed E-state index contributed by atoms with van der Waals surface area (Å²) in [6, 6.07) is 18.3. The van der Waals surface area contributed by atoms with Crippen LogP contribution in [0.5, 0.6) is 0 Å². The lowest BCUT2D eigenvalue weighted by Crippen LogP contribution is -2.44. The van der Waals surface area contributed by atoms with E-state index >= 15 is 0 Å². The number of rotatable bonds is 3. The van der Waals surface area contributed by atoms with Crippen molar-refractivity contribution in [3.8, 4) is 0 Å². The van der Waals surface area contributed by atoms with Gasteiger partial charge < -0.3 is 9.52 Å². The van der Waals surface area contributed by atoms with Crippen molar-refractivity contribution in [2.75, 3.05) is 4.90 Å². The molecule has 1 N–H and O–H groups in total. The minimum absolute atomic E-state index is 0.177. The first-order valence-corrected chi connectivity index (χ1v) is 9.75. The molecule has 1 aliphatic carbocycles. The number of hydrogen-bond acceptors (Lipinski definition) is 3. The third-order valence-corrected chi connectivity index (χ3v) is 6.75. The number of amides is 1. The number of piperidine rings is 1. The Morgan fingerprint density at radius 2 is 1.71 bits per heavy atom. The number of furan rings is 1. The van der Waals surface area contributed by atoms with Gasteiger partial charge in [-0.2, -0.15) is 0 Å². The maximum absolute atomic E-state index is 13.6. The second-order valence-electron chi connectivity index (χ2n) is 7.55. The zero-order chi connectivity index (χ0) is 19.7. The Hall–Kier alpha value is -2.27. The van der Waals surface area contributed by atoms with E-state index < -0.39 is 17.1 Å². The smallest absolute Gasteiger partial charge is 0.236 e. The average Bonchev–Trinajstić information content (AvgIpc) is 2.96. The largest absolute Gasteiger partial charge is 0.468 e. The van der Waals surface area contributed by atoms with Gasteiger partial charge in [-0.3, -0.25) is 9.69 Å². The predicted octanol–water partition coefficient (Wildman–Crippen LogP) is 4.87. The molecule has 0 radical (unpaired) electrons. The van der Waals surface area contributed by atoms with Gasteiger partial charge in [-0.25, -0.2) is 0 Å². The molecule has 2 aromatic carbocycles. The summed E-state index contributed by atoms with van der Waals surface area (Å²) >= 11 is 12.2. The van der Waals surface area contributed by atoms with Crippen LogP contribution in [0, 0.1) is 11.3 Å². The van der Waals surface area contributed by atoms with Gasteiger partial charge in [-0.15, -0.1) is 0 Å². The van der Waals surface area contributed by atoms with E-state index in [9.17, 15) is 9.90 Å². The Morgan fingerprint density at radius 1 is 1.04 bits per heavy atom. The van der Waals surface area contributed by atoms with Gasteiger partial charge in [0.25, 0.3) is 0 Å². The molecule has 2 aliphatic rings. The summed E-state index contributed by atoms with van der Waals surface area (Å²) in [5, 5.41) is 12.1. The van der Waals surface area contributed by atoms with Crippen molar-refractivity contribution >= 4 is 34.8 Å². The third-order valence-electron chi connectivity index (χ3n) is 6.31. The van der Waals surface area contributed by atoms with Gasteiger partial charge >= 0.3 is 0 Å². The van der Waals surface area contributed by atoms with Gasteiger partial charge in [-0.05, 0) is 42.8 Å². The maximum atomic E-state index is 13.6. The topological polar surface area (TPSA) is 53.7 Å². The zero-order valence-corrected chi connectivity index (χ0v) is 16.5. The number of hydrogen-bond donors (Lipinski definition) is 1. The molecule has 1 aromatic heterocycles. The van der Waals surface area contributed by atoms with Crippen LogP contribution in [0.2, 0.25) is 10.0 Å². The first-order valence-electron chi connectivity index (χ1n) is 8.99. The summed E-state index contributed by atoms with van der Waals surface area (Å²) in [5.74, 6) is 0.143. The van der Waals surface area contributed by atoms with Crippen LogP contribution in [0.15, 0.2) is 71.3 Å². The number of aliphatic hydroxyl groups is 1. The van der Waals surface area contributed by atoms with E-state index in [0.29, 0.717) is 21.5 Å². The van der Waals surface area contributed by atoms with Crippen molar-refractivity contribution in [2.24, 2.45) is 11.3 Å². The molecular weight excluding hydrogens is 397 g/mol. The molecule has 3 aromatic rings. The van der Waals surface area contributed by atoms with Gasteiger partial charge in [-0.1, -0.05) is 53.5 Å². The number of benzene rings is 2. The van der Waals surface area contributed by atoms with Crippen molar-refractivity contribution < 1.29 is 14.3 Å². The molecule has 2 heterocycles. The SMILES string of the molecule is C[C@]12C(=O)N(c3cc(Cl)cc(Cl)c3)C(O)[C@H]1[C@]2(c1ccccc1)c1ccco1. The standard InChI is InChI=1S/C22H17Cl2NO3/c1-21-18(19(26)25(20(21)27)16-11-14(23)10-15(24)12-16)22(21,17-8-5-9-28-17)13-6-3-2-4-7-13/h2-12,18-19,26H,1H3/t18-,19?,21-,22+/m1/s1. The van der Waals surface area contributed by atoms with Gasteiger partial charge in [0.1, 0.15) is 12.0 Å². The fourth-order valence-electron chi connectivity index (χ4n) is 5.18. The molecule has 0 spiro atoms. The first-order chi connectivity index (χ1) is 13.4. The lowest BCUT2D eigenvalue weighted by molar-refractivity contribution is -0.123. The molecule has 142 valence electrons. The summed E-state index contributed by atoms with van der Waals surface area (Å²) in [4.78, 5) is 15.0. The zero-order valence-electron chi connectivity index (χ0n) is 15.0. The van der Waals surface area contributed by atoms with E-state index in [0.717, 1.165) is 5.56 Å².